The van der Waals surface area contributed by atoms with Gasteiger partial charge in [-0.15, -0.1) is 0 Å². The minimum absolute atomic E-state index is 0.186. The Morgan fingerprint density at radius 1 is 1.15 bits per heavy atom. The molecule has 0 saturated heterocycles. The molecule has 0 aromatic heterocycles. The van der Waals surface area contributed by atoms with Crippen molar-refractivity contribution >= 4 is 17.3 Å². The molecule has 2 N–H and O–H groups in total. The number of halogens is 2. The van der Waals surface area contributed by atoms with Gasteiger partial charge in [0.2, 0.25) is 0 Å². The van der Waals surface area contributed by atoms with E-state index in [0.29, 0.717) is 23.7 Å². The van der Waals surface area contributed by atoms with E-state index in [4.69, 9.17) is 17.3 Å². The van der Waals surface area contributed by atoms with E-state index in [1.807, 2.05) is 36.2 Å². The smallest absolute Gasteiger partial charge is 0.128 e. The summed E-state index contributed by atoms with van der Waals surface area (Å²) in [6, 6.07) is 12.5. The van der Waals surface area contributed by atoms with E-state index in [-0.39, 0.29) is 5.82 Å². The van der Waals surface area contributed by atoms with Crippen molar-refractivity contribution in [3.8, 4) is 0 Å². The van der Waals surface area contributed by atoms with E-state index >= 15 is 0 Å². The molecule has 2 aromatic carbocycles. The number of rotatable bonds is 5. The molecule has 20 heavy (non-hydrogen) atoms. The van der Waals surface area contributed by atoms with Gasteiger partial charge in [-0.3, -0.25) is 0 Å². The molecule has 0 fully saturated rings. The van der Waals surface area contributed by atoms with E-state index in [9.17, 15) is 4.39 Å². The van der Waals surface area contributed by atoms with Gasteiger partial charge in [0, 0.05) is 29.9 Å². The maximum Gasteiger partial charge on any atom is 0.128 e. The van der Waals surface area contributed by atoms with E-state index in [1.165, 1.54) is 6.07 Å². The first kappa shape index (κ1) is 14.8. The van der Waals surface area contributed by atoms with Gasteiger partial charge < -0.3 is 10.6 Å². The Bertz CT molecular complexity index is 586. The highest BCUT2D eigenvalue weighted by Gasteiger charge is 2.10. The van der Waals surface area contributed by atoms with Gasteiger partial charge in [-0.1, -0.05) is 29.8 Å². The summed E-state index contributed by atoms with van der Waals surface area (Å²) in [6.45, 7) is 1.06. The van der Waals surface area contributed by atoms with Crippen molar-refractivity contribution < 1.29 is 4.39 Å². The highest BCUT2D eigenvalue weighted by Crippen LogP contribution is 2.25. The molecule has 2 nitrogen and oxygen atoms in total. The number of anilines is 1. The lowest BCUT2D eigenvalue weighted by atomic mass is 10.1. The van der Waals surface area contributed by atoms with Crippen molar-refractivity contribution in [3.05, 3.63) is 64.4 Å². The van der Waals surface area contributed by atoms with Crippen molar-refractivity contribution in [1.82, 2.24) is 0 Å². The van der Waals surface area contributed by atoms with Crippen LogP contribution in [-0.2, 0) is 13.0 Å². The minimum Gasteiger partial charge on any atom is -0.370 e. The minimum atomic E-state index is -0.186. The monoisotopic (exact) mass is 292 g/mol. The highest BCUT2D eigenvalue weighted by molar-refractivity contribution is 6.30. The molecule has 0 unspecified atom stereocenters. The van der Waals surface area contributed by atoms with Crippen LogP contribution in [0.2, 0.25) is 5.02 Å². The molecule has 0 amide bonds. The SMILES string of the molecule is CN(Cc1ccccc1F)c1ccc(Cl)cc1CCN. The molecular formula is C16H18ClFN2. The number of hydrogen-bond donors (Lipinski definition) is 1. The quantitative estimate of drug-likeness (QED) is 0.912. The molecular weight excluding hydrogens is 275 g/mol. The number of benzene rings is 2. The van der Waals surface area contributed by atoms with Gasteiger partial charge >= 0.3 is 0 Å². The fourth-order valence-electron chi connectivity index (χ4n) is 2.25. The molecule has 0 spiro atoms. The van der Waals surface area contributed by atoms with Gasteiger partial charge in [0.25, 0.3) is 0 Å². The zero-order valence-corrected chi connectivity index (χ0v) is 12.2. The van der Waals surface area contributed by atoms with E-state index in [0.717, 1.165) is 17.7 Å². The first-order valence-electron chi connectivity index (χ1n) is 6.55. The second kappa shape index (κ2) is 6.73. The zero-order valence-electron chi connectivity index (χ0n) is 11.4. The summed E-state index contributed by atoms with van der Waals surface area (Å²) in [7, 11) is 1.94. The van der Waals surface area contributed by atoms with Crippen molar-refractivity contribution in [1.29, 1.82) is 0 Å². The zero-order chi connectivity index (χ0) is 14.5. The van der Waals surface area contributed by atoms with Crippen LogP contribution in [0.25, 0.3) is 0 Å². The van der Waals surface area contributed by atoms with Gasteiger partial charge in [-0.05, 0) is 42.8 Å². The summed E-state index contributed by atoms with van der Waals surface area (Å²) in [5.74, 6) is -0.186. The van der Waals surface area contributed by atoms with Gasteiger partial charge in [0.05, 0.1) is 0 Å². The van der Waals surface area contributed by atoms with Crippen LogP contribution in [0.1, 0.15) is 11.1 Å². The molecule has 2 rings (SSSR count). The standard InChI is InChI=1S/C16H18ClFN2/c1-20(11-13-4-2-3-5-15(13)18)16-7-6-14(17)10-12(16)8-9-19/h2-7,10H,8-9,11,19H2,1H3. The first-order valence-corrected chi connectivity index (χ1v) is 6.92. The van der Waals surface area contributed by atoms with Crippen LogP contribution in [0.5, 0.6) is 0 Å². The Kier molecular flexibility index (Phi) is 4.99. The van der Waals surface area contributed by atoms with Crippen molar-refractivity contribution in [2.75, 3.05) is 18.5 Å². The summed E-state index contributed by atoms with van der Waals surface area (Å²) in [6.07, 6.45) is 0.748. The fraction of sp³-hybridized carbons (Fsp3) is 0.250. The Hall–Kier alpha value is -1.58. The highest BCUT2D eigenvalue weighted by atomic mass is 35.5. The lowest BCUT2D eigenvalue weighted by Gasteiger charge is -2.23. The molecule has 0 atom stereocenters. The van der Waals surface area contributed by atoms with Crippen LogP contribution in [0.4, 0.5) is 10.1 Å². The molecule has 0 bridgehead atoms. The predicted octanol–water partition coefficient (Wildman–Crippen LogP) is 3.62. The second-order valence-electron chi connectivity index (χ2n) is 4.76. The third-order valence-corrected chi connectivity index (χ3v) is 3.47. The Morgan fingerprint density at radius 3 is 2.60 bits per heavy atom. The number of nitrogens with two attached hydrogens (primary N) is 1. The topological polar surface area (TPSA) is 29.3 Å². The number of nitrogens with zero attached hydrogens (tertiary/aromatic N) is 1. The Labute approximate surface area is 124 Å². The van der Waals surface area contributed by atoms with Gasteiger partial charge in [0.15, 0.2) is 0 Å². The summed E-state index contributed by atoms with van der Waals surface area (Å²) < 4.78 is 13.7. The maximum absolute atomic E-state index is 13.7. The van der Waals surface area contributed by atoms with Crippen LogP contribution in [0.3, 0.4) is 0 Å². The average Bonchev–Trinajstić information content (AvgIpc) is 2.42. The van der Waals surface area contributed by atoms with Crippen molar-refractivity contribution in [3.63, 3.8) is 0 Å². The third kappa shape index (κ3) is 3.50. The van der Waals surface area contributed by atoms with E-state index < -0.39 is 0 Å². The number of hydrogen-bond acceptors (Lipinski definition) is 2. The van der Waals surface area contributed by atoms with Gasteiger partial charge in [-0.25, -0.2) is 4.39 Å². The third-order valence-electron chi connectivity index (χ3n) is 3.23. The predicted molar refractivity (Wildman–Crippen MR) is 82.7 cm³/mol. The normalized spacial score (nSPS) is 10.6. The summed E-state index contributed by atoms with van der Waals surface area (Å²) in [5.41, 5.74) is 8.42. The van der Waals surface area contributed by atoms with Crippen LogP contribution in [0, 0.1) is 5.82 Å². The van der Waals surface area contributed by atoms with Gasteiger partial charge in [-0.2, -0.15) is 0 Å². The Morgan fingerprint density at radius 2 is 1.90 bits per heavy atom. The maximum atomic E-state index is 13.7. The average molecular weight is 293 g/mol. The summed E-state index contributed by atoms with van der Waals surface area (Å²) >= 11 is 6.02. The van der Waals surface area contributed by atoms with Crippen LogP contribution >= 0.6 is 11.6 Å². The molecule has 0 radical (unpaired) electrons. The molecule has 0 aliphatic heterocycles. The molecule has 0 saturated carbocycles. The van der Waals surface area contributed by atoms with E-state index in [2.05, 4.69) is 0 Å². The van der Waals surface area contributed by atoms with E-state index in [1.54, 1.807) is 12.1 Å². The van der Waals surface area contributed by atoms with Crippen LogP contribution < -0.4 is 10.6 Å². The van der Waals surface area contributed by atoms with Gasteiger partial charge in [0.1, 0.15) is 5.82 Å². The lowest BCUT2D eigenvalue weighted by Crippen LogP contribution is -2.19. The van der Waals surface area contributed by atoms with Crippen LogP contribution in [-0.4, -0.2) is 13.6 Å². The molecule has 0 aliphatic carbocycles. The summed E-state index contributed by atoms with van der Waals surface area (Å²) in [4.78, 5) is 2.01. The fourth-order valence-corrected chi connectivity index (χ4v) is 2.44. The van der Waals surface area contributed by atoms with Crippen molar-refractivity contribution in [2.45, 2.75) is 13.0 Å². The Balaban J connectivity index is 2.25. The summed E-state index contributed by atoms with van der Waals surface area (Å²) in [5, 5.41) is 0.691. The molecule has 4 heteroatoms. The van der Waals surface area contributed by atoms with Crippen LogP contribution in [0.15, 0.2) is 42.5 Å². The molecule has 2 aromatic rings. The lowest BCUT2D eigenvalue weighted by molar-refractivity contribution is 0.608. The first-order chi connectivity index (χ1) is 9.61. The molecule has 106 valence electrons. The molecule has 0 heterocycles. The molecule has 0 aliphatic rings. The van der Waals surface area contributed by atoms with Crippen molar-refractivity contribution in [2.24, 2.45) is 5.73 Å². The second-order valence-corrected chi connectivity index (χ2v) is 5.20. The largest absolute Gasteiger partial charge is 0.370 e.